The molecule has 100 valence electrons. The van der Waals surface area contributed by atoms with Crippen molar-refractivity contribution in [2.75, 3.05) is 18.0 Å². The molecule has 1 aromatic heterocycles. The summed E-state index contributed by atoms with van der Waals surface area (Å²) in [6, 6.07) is 7.00. The van der Waals surface area contributed by atoms with Gasteiger partial charge in [-0.15, -0.1) is 0 Å². The van der Waals surface area contributed by atoms with Gasteiger partial charge in [0, 0.05) is 36.3 Å². The molecule has 1 saturated heterocycles. The van der Waals surface area contributed by atoms with Gasteiger partial charge in [-0.2, -0.15) is 5.90 Å². The van der Waals surface area contributed by atoms with Gasteiger partial charge in [-0.25, -0.2) is 8.78 Å². The van der Waals surface area contributed by atoms with E-state index in [1.54, 1.807) is 35.4 Å². The van der Waals surface area contributed by atoms with Crippen molar-refractivity contribution >= 4 is 16.6 Å². The second-order valence-corrected chi connectivity index (χ2v) is 4.66. The van der Waals surface area contributed by atoms with Crippen LogP contribution < -0.4 is 15.6 Å². The summed E-state index contributed by atoms with van der Waals surface area (Å²) in [5.74, 6) is 3.07. The molecular formula is C13H13F2N3O. The van der Waals surface area contributed by atoms with E-state index in [1.807, 2.05) is 0 Å². The molecule has 3 rings (SSSR count). The van der Waals surface area contributed by atoms with Crippen LogP contribution in [0.1, 0.15) is 6.42 Å². The molecule has 0 bridgehead atoms. The summed E-state index contributed by atoms with van der Waals surface area (Å²) in [6.45, 7) is 0.0924. The molecule has 4 nitrogen and oxygen atoms in total. The first kappa shape index (κ1) is 12.1. The maximum Gasteiger partial charge on any atom is 0.266 e. The highest BCUT2D eigenvalue weighted by molar-refractivity contribution is 5.88. The van der Waals surface area contributed by atoms with Gasteiger partial charge in [0.1, 0.15) is 0 Å². The molecule has 2 N–H and O–H groups in total. The number of pyridine rings is 1. The number of hydrogen-bond donors (Lipinski definition) is 1. The minimum Gasteiger partial charge on any atom is -0.411 e. The van der Waals surface area contributed by atoms with Crippen LogP contribution >= 0.6 is 0 Å². The molecule has 2 aromatic rings. The van der Waals surface area contributed by atoms with Crippen molar-refractivity contribution in [3.8, 4) is 5.75 Å². The van der Waals surface area contributed by atoms with Gasteiger partial charge in [-0.1, -0.05) is 0 Å². The minimum absolute atomic E-state index is 0.113. The fourth-order valence-electron chi connectivity index (χ4n) is 2.36. The van der Waals surface area contributed by atoms with Crippen LogP contribution in [0.15, 0.2) is 30.5 Å². The topological polar surface area (TPSA) is 51.4 Å². The molecule has 0 atom stereocenters. The van der Waals surface area contributed by atoms with Gasteiger partial charge in [0.25, 0.3) is 5.92 Å². The first-order valence-electron chi connectivity index (χ1n) is 5.97. The van der Waals surface area contributed by atoms with Crippen LogP contribution in [0.4, 0.5) is 14.5 Å². The Kier molecular flexibility index (Phi) is 2.74. The molecule has 0 radical (unpaired) electrons. The fraction of sp³-hybridized carbons (Fsp3) is 0.308. The lowest BCUT2D eigenvalue weighted by Gasteiger charge is -2.18. The molecule has 2 heterocycles. The predicted octanol–water partition coefficient (Wildman–Crippen LogP) is 2.33. The van der Waals surface area contributed by atoms with E-state index in [0.717, 1.165) is 16.6 Å². The van der Waals surface area contributed by atoms with Gasteiger partial charge in [0.05, 0.1) is 12.1 Å². The number of rotatable bonds is 2. The van der Waals surface area contributed by atoms with Crippen molar-refractivity contribution in [3.63, 3.8) is 0 Å². The Morgan fingerprint density at radius 1 is 1.32 bits per heavy atom. The standard InChI is InChI=1S/C13H13F2N3O/c14-13(15)4-6-18(8-13)9-1-2-11-10(7-9)12(19-16)3-5-17-11/h1-3,5,7H,4,6,8,16H2. The Labute approximate surface area is 108 Å². The van der Waals surface area contributed by atoms with Crippen LogP contribution in [0.5, 0.6) is 5.75 Å². The van der Waals surface area contributed by atoms with Gasteiger partial charge in [0.15, 0.2) is 5.75 Å². The summed E-state index contributed by atoms with van der Waals surface area (Å²) in [5.41, 5.74) is 1.45. The third-order valence-electron chi connectivity index (χ3n) is 3.35. The number of hydrogen-bond acceptors (Lipinski definition) is 4. The Bertz CT molecular complexity index is 618. The third kappa shape index (κ3) is 2.19. The number of halogens is 2. The number of anilines is 1. The van der Waals surface area contributed by atoms with Crippen LogP contribution in [0.25, 0.3) is 10.9 Å². The molecule has 0 spiro atoms. The molecule has 0 amide bonds. The van der Waals surface area contributed by atoms with E-state index in [9.17, 15) is 8.78 Å². The molecule has 1 fully saturated rings. The lowest BCUT2D eigenvalue weighted by Crippen LogP contribution is -2.24. The number of nitrogens with zero attached hydrogens (tertiary/aromatic N) is 2. The number of alkyl halides is 2. The Balaban J connectivity index is 2.02. The van der Waals surface area contributed by atoms with Crippen LogP contribution in [0, 0.1) is 0 Å². The summed E-state index contributed by atoms with van der Waals surface area (Å²) in [4.78, 5) is 10.6. The van der Waals surface area contributed by atoms with Crippen LogP contribution in [0.3, 0.4) is 0 Å². The SMILES string of the molecule is NOc1ccnc2ccc(N3CCC(F)(F)C3)cc12. The zero-order valence-corrected chi connectivity index (χ0v) is 10.1. The second-order valence-electron chi connectivity index (χ2n) is 4.66. The zero-order chi connectivity index (χ0) is 13.5. The van der Waals surface area contributed by atoms with Crippen molar-refractivity contribution in [3.05, 3.63) is 30.5 Å². The lowest BCUT2D eigenvalue weighted by molar-refractivity contribution is 0.0257. The largest absolute Gasteiger partial charge is 0.411 e. The molecule has 0 saturated carbocycles. The Morgan fingerprint density at radius 2 is 2.16 bits per heavy atom. The molecule has 6 heteroatoms. The molecule has 1 aliphatic heterocycles. The van der Waals surface area contributed by atoms with E-state index in [4.69, 9.17) is 10.7 Å². The van der Waals surface area contributed by atoms with Crippen LogP contribution in [-0.2, 0) is 0 Å². The smallest absolute Gasteiger partial charge is 0.266 e. The van der Waals surface area contributed by atoms with Gasteiger partial charge in [-0.05, 0) is 18.2 Å². The van der Waals surface area contributed by atoms with Crippen molar-refractivity contribution < 1.29 is 13.6 Å². The van der Waals surface area contributed by atoms with Crippen molar-refractivity contribution in [1.82, 2.24) is 4.98 Å². The van der Waals surface area contributed by atoms with E-state index in [2.05, 4.69) is 4.98 Å². The first-order valence-corrected chi connectivity index (χ1v) is 5.97. The number of benzene rings is 1. The van der Waals surface area contributed by atoms with Gasteiger partial charge in [-0.3, -0.25) is 4.98 Å². The Hall–Kier alpha value is -1.95. The average Bonchev–Trinajstić information content (AvgIpc) is 2.78. The van der Waals surface area contributed by atoms with Crippen molar-refractivity contribution in [2.45, 2.75) is 12.3 Å². The van der Waals surface area contributed by atoms with Crippen LogP contribution in [0.2, 0.25) is 0 Å². The highest BCUT2D eigenvalue weighted by atomic mass is 19.3. The van der Waals surface area contributed by atoms with E-state index >= 15 is 0 Å². The monoisotopic (exact) mass is 265 g/mol. The number of aromatic nitrogens is 1. The normalized spacial score (nSPS) is 17.9. The van der Waals surface area contributed by atoms with Crippen molar-refractivity contribution in [1.29, 1.82) is 0 Å². The molecule has 19 heavy (non-hydrogen) atoms. The minimum atomic E-state index is -2.61. The molecule has 0 unspecified atom stereocenters. The third-order valence-corrected chi connectivity index (χ3v) is 3.35. The zero-order valence-electron chi connectivity index (χ0n) is 10.1. The van der Waals surface area contributed by atoms with Gasteiger partial charge < -0.3 is 9.74 Å². The van der Waals surface area contributed by atoms with E-state index < -0.39 is 5.92 Å². The average molecular weight is 265 g/mol. The summed E-state index contributed by atoms with van der Waals surface area (Å²) in [7, 11) is 0. The van der Waals surface area contributed by atoms with Crippen molar-refractivity contribution in [2.24, 2.45) is 5.90 Å². The highest BCUT2D eigenvalue weighted by Gasteiger charge is 2.38. The van der Waals surface area contributed by atoms with E-state index in [0.29, 0.717) is 12.3 Å². The molecule has 0 aliphatic carbocycles. The van der Waals surface area contributed by atoms with E-state index in [1.165, 1.54) is 0 Å². The molecule has 1 aromatic carbocycles. The number of nitrogens with two attached hydrogens (primary N) is 1. The number of fused-ring (bicyclic) bond motifs is 1. The lowest BCUT2D eigenvalue weighted by atomic mass is 10.1. The van der Waals surface area contributed by atoms with Crippen LogP contribution in [-0.4, -0.2) is 24.0 Å². The van der Waals surface area contributed by atoms with Gasteiger partial charge in [0.2, 0.25) is 0 Å². The molecule has 1 aliphatic rings. The summed E-state index contributed by atoms with van der Waals surface area (Å²) in [5, 5.41) is 0.720. The summed E-state index contributed by atoms with van der Waals surface area (Å²) >= 11 is 0. The maximum atomic E-state index is 13.2. The summed E-state index contributed by atoms with van der Waals surface area (Å²) < 4.78 is 26.5. The second kappa shape index (κ2) is 4.31. The predicted molar refractivity (Wildman–Crippen MR) is 68.3 cm³/mol. The summed E-state index contributed by atoms with van der Waals surface area (Å²) in [6.07, 6.45) is 1.48. The fourth-order valence-corrected chi connectivity index (χ4v) is 2.36. The van der Waals surface area contributed by atoms with E-state index in [-0.39, 0.29) is 13.0 Å². The quantitative estimate of drug-likeness (QED) is 0.847. The Morgan fingerprint density at radius 3 is 2.84 bits per heavy atom. The highest BCUT2D eigenvalue weighted by Crippen LogP contribution is 2.33. The van der Waals surface area contributed by atoms with Gasteiger partial charge >= 0.3 is 0 Å². The molecular weight excluding hydrogens is 252 g/mol. The maximum absolute atomic E-state index is 13.2. The first-order chi connectivity index (χ1) is 9.09.